The van der Waals surface area contributed by atoms with E-state index in [-0.39, 0.29) is 12.1 Å². The largest absolute Gasteiger partial charge is 0.322 e. The highest BCUT2D eigenvalue weighted by atomic mass is 16.2. The fourth-order valence-electron chi connectivity index (χ4n) is 4.76. The number of benzene rings is 3. The summed E-state index contributed by atoms with van der Waals surface area (Å²) in [6.07, 6.45) is 3.95. The fraction of sp³-hybridized carbons (Fsp3) is 0.207. The van der Waals surface area contributed by atoms with Crippen LogP contribution in [-0.2, 0) is 19.4 Å². The van der Waals surface area contributed by atoms with Crippen molar-refractivity contribution in [1.29, 1.82) is 0 Å². The number of hydrogen-bond acceptors (Lipinski definition) is 1. The summed E-state index contributed by atoms with van der Waals surface area (Å²) in [5.74, 6) is 0. The summed E-state index contributed by atoms with van der Waals surface area (Å²) in [4.78, 5) is 15.8. The molecule has 0 saturated carbocycles. The van der Waals surface area contributed by atoms with Crippen molar-refractivity contribution in [2.24, 2.45) is 0 Å². The third-order valence-corrected chi connectivity index (χ3v) is 6.57. The molecule has 4 aromatic rings. The van der Waals surface area contributed by atoms with Gasteiger partial charge >= 0.3 is 6.03 Å². The summed E-state index contributed by atoms with van der Waals surface area (Å²) in [6.45, 7) is 4.80. The molecule has 4 nitrogen and oxygen atoms in total. The molecule has 0 saturated heterocycles. The molecule has 0 spiro atoms. The first-order chi connectivity index (χ1) is 16.2. The number of hydrogen-bond donors (Lipinski definition) is 1. The van der Waals surface area contributed by atoms with Crippen molar-refractivity contribution >= 4 is 11.7 Å². The zero-order valence-electron chi connectivity index (χ0n) is 19.2. The zero-order chi connectivity index (χ0) is 22.8. The number of nitrogens with one attached hydrogen (secondary N) is 1. The molecule has 0 radical (unpaired) electrons. The van der Waals surface area contributed by atoms with Gasteiger partial charge in [0.15, 0.2) is 0 Å². The molecule has 2 heterocycles. The van der Waals surface area contributed by atoms with Crippen LogP contribution in [0, 0.1) is 0 Å². The predicted molar refractivity (Wildman–Crippen MR) is 134 cm³/mol. The van der Waals surface area contributed by atoms with Crippen molar-refractivity contribution in [3.63, 3.8) is 0 Å². The number of aromatic nitrogens is 1. The van der Waals surface area contributed by atoms with E-state index in [4.69, 9.17) is 0 Å². The summed E-state index contributed by atoms with van der Waals surface area (Å²) in [7, 11) is 0. The Morgan fingerprint density at radius 3 is 2.42 bits per heavy atom. The van der Waals surface area contributed by atoms with Crippen LogP contribution in [0.15, 0.2) is 91.1 Å². The quantitative estimate of drug-likeness (QED) is 0.379. The van der Waals surface area contributed by atoms with Crippen LogP contribution in [0.25, 0.3) is 5.69 Å². The van der Waals surface area contributed by atoms with E-state index in [0.717, 1.165) is 46.6 Å². The van der Waals surface area contributed by atoms with E-state index in [1.807, 2.05) is 29.2 Å². The first-order valence-corrected chi connectivity index (χ1v) is 11.7. The molecule has 1 aliphatic rings. The fourth-order valence-corrected chi connectivity index (χ4v) is 4.76. The molecule has 1 unspecified atom stereocenters. The van der Waals surface area contributed by atoms with Crippen molar-refractivity contribution in [2.45, 2.75) is 39.3 Å². The van der Waals surface area contributed by atoms with Crippen molar-refractivity contribution in [3.8, 4) is 5.69 Å². The van der Waals surface area contributed by atoms with Gasteiger partial charge in [-0.3, -0.25) is 0 Å². The number of rotatable bonds is 4. The Morgan fingerprint density at radius 2 is 1.64 bits per heavy atom. The number of nitrogens with zero attached hydrogens (tertiary/aromatic N) is 2. The summed E-state index contributed by atoms with van der Waals surface area (Å²) in [5.41, 5.74) is 7.74. The van der Waals surface area contributed by atoms with E-state index in [1.54, 1.807) is 0 Å². The minimum atomic E-state index is -0.202. The lowest BCUT2D eigenvalue weighted by atomic mass is 9.99. The maximum atomic E-state index is 13.8. The van der Waals surface area contributed by atoms with Crippen LogP contribution in [0.3, 0.4) is 0 Å². The number of carbonyl (C=O) groups excluding carboxylic acids is 1. The molecule has 5 rings (SSSR count). The molecular formula is C29H29N3O. The Balaban J connectivity index is 1.62. The standard InChI is InChI=1S/C29H29N3O/c1-3-21-15-17-23(18-16-21)28-27-14-9-19-31(27)26-13-8-6-11-24(26)20-32(28)29(33)30-25-12-7-5-10-22(25)4-2/h5-19,28H,3-4,20H2,1-2H3,(H,30,33). The summed E-state index contributed by atoms with van der Waals surface area (Å²) >= 11 is 0. The zero-order valence-corrected chi connectivity index (χ0v) is 19.2. The molecule has 0 fully saturated rings. The minimum Gasteiger partial charge on any atom is -0.318 e. The van der Waals surface area contributed by atoms with E-state index in [0.29, 0.717) is 6.54 Å². The predicted octanol–water partition coefficient (Wildman–Crippen LogP) is 6.74. The molecule has 1 aromatic heterocycles. The highest BCUT2D eigenvalue weighted by Crippen LogP contribution is 2.37. The topological polar surface area (TPSA) is 37.3 Å². The first kappa shape index (κ1) is 21.1. The van der Waals surface area contributed by atoms with E-state index < -0.39 is 0 Å². The van der Waals surface area contributed by atoms with Gasteiger partial charge in [0.25, 0.3) is 0 Å². The van der Waals surface area contributed by atoms with Gasteiger partial charge in [-0.1, -0.05) is 74.5 Å². The SMILES string of the molecule is CCc1ccc(C2c3cccn3-c3ccccc3CN2C(=O)Nc2ccccc2CC)cc1. The van der Waals surface area contributed by atoms with Crippen LogP contribution in [-0.4, -0.2) is 15.5 Å². The molecule has 2 amide bonds. The number of para-hydroxylation sites is 2. The molecule has 33 heavy (non-hydrogen) atoms. The highest BCUT2D eigenvalue weighted by molar-refractivity contribution is 5.91. The summed E-state index contributed by atoms with van der Waals surface area (Å²) in [6, 6.07) is 28.9. The Hall–Kier alpha value is -3.79. The number of amides is 2. The molecular weight excluding hydrogens is 406 g/mol. The van der Waals surface area contributed by atoms with Gasteiger partial charge in [-0.15, -0.1) is 0 Å². The Labute approximate surface area is 195 Å². The van der Waals surface area contributed by atoms with Crippen LogP contribution in [0.1, 0.15) is 47.8 Å². The number of aryl methyl sites for hydroxylation is 2. The second kappa shape index (κ2) is 8.99. The van der Waals surface area contributed by atoms with Crippen LogP contribution in [0.4, 0.5) is 10.5 Å². The van der Waals surface area contributed by atoms with Crippen molar-refractivity contribution in [3.05, 3.63) is 119 Å². The molecule has 0 bridgehead atoms. The van der Waals surface area contributed by atoms with Crippen LogP contribution in [0.5, 0.6) is 0 Å². The molecule has 1 aliphatic heterocycles. The average molecular weight is 436 g/mol. The molecule has 4 heteroatoms. The van der Waals surface area contributed by atoms with Crippen LogP contribution in [0.2, 0.25) is 0 Å². The third-order valence-electron chi connectivity index (χ3n) is 6.57. The Morgan fingerprint density at radius 1 is 0.879 bits per heavy atom. The lowest BCUT2D eigenvalue weighted by Gasteiger charge is -2.31. The van der Waals surface area contributed by atoms with Crippen molar-refractivity contribution in [1.82, 2.24) is 9.47 Å². The smallest absolute Gasteiger partial charge is 0.318 e. The van der Waals surface area contributed by atoms with Crippen LogP contribution >= 0.6 is 0 Å². The molecule has 1 atom stereocenters. The van der Waals surface area contributed by atoms with Gasteiger partial charge in [0, 0.05) is 17.6 Å². The molecule has 0 aliphatic carbocycles. The van der Waals surface area contributed by atoms with Gasteiger partial charge in [-0.05, 0) is 59.4 Å². The number of fused-ring (bicyclic) bond motifs is 3. The Bertz CT molecular complexity index is 1270. The van der Waals surface area contributed by atoms with E-state index in [9.17, 15) is 4.79 Å². The van der Waals surface area contributed by atoms with Gasteiger partial charge in [0.1, 0.15) is 0 Å². The maximum absolute atomic E-state index is 13.8. The van der Waals surface area contributed by atoms with E-state index in [2.05, 4.69) is 90.6 Å². The van der Waals surface area contributed by atoms with E-state index >= 15 is 0 Å². The summed E-state index contributed by atoms with van der Waals surface area (Å²) in [5, 5.41) is 3.21. The second-order valence-electron chi connectivity index (χ2n) is 8.50. The average Bonchev–Trinajstić information content (AvgIpc) is 3.28. The first-order valence-electron chi connectivity index (χ1n) is 11.7. The lowest BCUT2D eigenvalue weighted by molar-refractivity contribution is 0.194. The van der Waals surface area contributed by atoms with Gasteiger partial charge in [0.05, 0.1) is 18.3 Å². The van der Waals surface area contributed by atoms with Gasteiger partial charge in [-0.2, -0.15) is 0 Å². The second-order valence-corrected chi connectivity index (χ2v) is 8.50. The lowest BCUT2D eigenvalue weighted by Crippen LogP contribution is -2.38. The monoisotopic (exact) mass is 435 g/mol. The van der Waals surface area contributed by atoms with Crippen LogP contribution < -0.4 is 5.32 Å². The van der Waals surface area contributed by atoms with Gasteiger partial charge in [-0.25, -0.2) is 4.79 Å². The van der Waals surface area contributed by atoms with Crippen molar-refractivity contribution in [2.75, 3.05) is 5.32 Å². The minimum absolute atomic E-state index is 0.0927. The van der Waals surface area contributed by atoms with Crippen molar-refractivity contribution < 1.29 is 4.79 Å². The molecule has 3 aromatic carbocycles. The highest BCUT2D eigenvalue weighted by Gasteiger charge is 2.33. The number of carbonyl (C=O) groups is 1. The van der Waals surface area contributed by atoms with E-state index in [1.165, 1.54) is 5.56 Å². The molecule has 166 valence electrons. The van der Waals surface area contributed by atoms with Gasteiger partial charge < -0.3 is 14.8 Å². The number of urea groups is 1. The number of anilines is 1. The maximum Gasteiger partial charge on any atom is 0.322 e. The van der Waals surface area contributed by atoms with Gasteiger partial charge in [0.2, 0.25) is 0 Å². The Kier molecular flexibility index (Phi) is 5.74. The summed E-state index contributed by atoms with van der Waals surface area (Å²) < 4.78 is 2.22. The normalized spacial score (nSPS) is 14.8. The third kappa shape index (κ3) is 3.93. The molecule has 1 N–H and O–H groups in total.